The standard InChI is InChI=1S/C31H40BrN3O2.ClH/c32-27-12-10-25(11-13-27)23-35-21-17-31(30(35)37)15-19-34(20-16-31)18-14-28(26-8-2-1-3-9-26)33-29(36)22-24-6-4-5-7-24;/h1-3,8-13,24,28H,4-7,14-23H2,(H,33,36);1H. The summed E-state index contributed by atoms with van der Waals surface area (Å²) in [5.41, 5.74) is 2.19. The van der Waals surface area contributed by atoms with Gasteiger partial charge in [0.1, 0.15) is 0 Å². The maximum Gasteiger partial charge on any atom is 0.229 e. The molecule has 0 aromatic heterocycles. The van der Waals surface area contributed by atoms with Crippen LogP contribution in [0.25, 0.3) is 0 Å². The molecule has 5 rings (SSSR count). The van der Waals surface area contributed by atoms with Gasteiger partial charge in [0, 0.05) is 30.5 Å². The number of halogens is 2. The van der Waals surface area contributed by atoms with E-state index in [1.807, 2.05) is 18.2 Å². The van der Waals surface area contributed by atoms with Crippen LogP contribution in [0.15, 0.2) is 59.1 Å². The number of nitrogens with zero attached hydrogens (tertiary/aromatic N) is 2. The quantitative estimate of drug-likeness (QED) is 0.356. The van der Waals surface area contributed by atoms with Gasteiger partial charge in [-0.25, -0.2) is 0 Å². The van der Waals surface area contributed by atoms with Crippen molar-refractivity contribution in [1.29, 1.82) is 0 Å². The van der Waals surface area contributed by atoms with Crippen molar-refractivity contribution in [2.45, 2.75) is 70.4 Å². The lowest BCUT2D eigenvalue weighted by atomic mass is 9.77. The van der Waals surface area contributed by atoms with Gasteiger partial charge in [0.05, 0.1) is 11.5 Å². The van der Waals surface area contributed by atoms with Gasteiger partial charge in [0.2, 0.25) is 11.8 Å². The van der Waals surface area contributed by atoms with E-state index in [0.717, 1.165) is 56.3 Å². The molecule has 1 N–H and O–H groups in total. The van der Waals surface area contributed by atoms with Gasteiger partial charge < -0.3 is 15.1 Å². The SMILES string of the molecule is Cl.O=C(CC1CCCC1)NC(CCN1CCC2(CC1)CCN(Cc1ccc(Br)cc1)C2=O)c1ccccc1. The van der Waals surface area contributed by atoms with Gasteiger partial charge in [0.25, 0.3) is 0 Å². The van der Waals surface area contributed by atoms with Gasteiger partial charge in [0.15, 0.2) is 0 Å². The zero-order chi connectivity index (χ0) is 25.7. The fourth-order valence-corrected chi connectivity index (χ4v) is 6.84. The molecule has 2 aromatic rings. The fourth-order valence-electron chi connectivity index (χ4n) is 6.57. The number of benzene rings is 2. The van der Waals surface area contributed by atoms with Crippen molar-refractivity contribution in [2.24, 2.45) is 11.3 Å². The molecule has 206 valence electrons. The van der Waals surface area contributed by atoms with Crippen LogP contribution in [0.1, 0.15) is 75.0 Å². The Morgan fingerprint density at radius 2 is 1.63 bits per heavy atom. The van der Waals surface area contributed by atoms with E-state index < -0.39 is 0 Å². The monoisotopic (exact) mass is 601 g/mol. The molecule has 2 amide bonds. The normalized spacial score (nSPS) is 20.4. The van der Waals surface area contributed by atoms with E-state index in [1.54, 1.807) is 0 Å². The van der Waals surface area contributed by atoms with Crippen LogP contribution < -0.4 is 5.32 Å². The number of carbonyl (C=O) groups is 2. The molecule has 0 bridgehead atoms. The van der Waals surface area contributed by atoms with Gasteiger partial charge >= 0.3 is 0 Å². The first-order valence-electron chi connectivity index (χ1n) is 14.1. The molecule has 2 aromatic carbocycles. The molecular weight excluding hydrogens is 562 g/mol. The van der Waals surface area contributed by atoms with E-state index in [4.69, 9.17) is 0 Å². The summed E-state index contributed by atoms with van der Waals surface area (Å²) >= 11 is 3.49. The predicted octanol–water partition coefficient (Wildman–Crippen LogP) is 6.51. The van der Waals surface area contributed by atoms with Gasteiger partial charge in [-0.05, 0) is 80.8 Å². The Bertz CT molecular complexity index is 1050. The molecule has 3 fully saturated rings. The van der Waals surface area contributed by atoms with Crippen LogP contribution in [-0.4, -0.2) is 47.8 Å². The summed E-state index contributed by atoms with van der Waals surface area (Å²) in [6.45, 7) is 4.41. The average molecular weight is 603 g/mol. The molecule has 3 aliphatic rings. The van der Waals surface area contributed by atoms with Gasteiger partial charge in [-0.1, -0.05) is 71.2 Å². The van der Waals surface area contributed by atoms with Crippen LogP contribution >= 0.6 is 28.3 Å². The summed E-state index contributed by atoms with van der Waals surface area (Å²) < 4.78 is 1.07. The molecule has 5 nitrogen and oxygen atoms in total. The highest BCUT2D eigenvalue weighted by atomic mass is 79.9. The zero-order valence-corrected chi connectivity index (χ0v) is 24.6. The van der Waals surface area contributed by atoms with Crippen molar-refractivity contribution in [3.05, 3.63) is 70.2 Å². The minimum Gasteiger partial charge on any atom is -0.349 e. The summed E-state index contributed by atoms with van der Waals surface area (Å²) in [4.78, 5) is 30.8. The highest BCUT2D eigenvalue weighted by Gasteiger charge is 2.47. The molecule has 1 unspecified atom stereocenters. The number of rotatable bonds is 9. The molecule has 2 saturated heterocycles. The van der Waals surface area contributed by atoms with Gasteiger partial charge in [-0.3, -0.25) is 9.59 Å². The van der Waals surface area contributed by atoms with Crippen LogP contribution in [0.5, 0.6) is 0 Å². The third-order valence-electron chi connectivity index (χ3n) is 8.92. The van der Waals surface area contributed by atoms with Crippen LogP contribution in [0, 0.1) is 11.3 Å². The summed E-state index contributed by atoms with van der Waals surface area (Å²) in [6.07, 6.45) is 9.32. The first-order valence-corrected chi connectivity index (χ1v) is 14.9. The molecule has 38 heavy (non-hydrogen) atoms. The van der Waals surface area contributed by atoms with Gasteiger partial charge in [-0.2, -0.15) is 0 Å². The lowest BCUT2D eigenvalue weighted by Crippen LogP contribution is -2.45. The third-order valence-corrected chi connectivity index (χ3v) is 9.45. The largest absolute Gasteiger partial charge is 0.349 e. The number of amides is 2. The summed E-state index contributed by atoms with van der Waals surface area (Å²) in [5.74, 6) is 1.10. The first-order chi connectivity index (χ1) is 18.0. The maximum atomic E-state index is 13.4. The van der Waals surface area contributed by atoms with E-state index in [0.29, 0.717) is 24.8 Å². The second-order valence-corrected chi connectivity index (χ2v) is 12.3. The second kappa shape index (κ2) is 13.5. The van der Waals surface area contributed by atoms with Crippen molar-refractivity contribution < 1.29 is 9.59 Å². The molecule has 2 heterocycles. The van der Waals surface area contributed by atoms with Crippen LogP contribution in [-0.2, 0) is 16.1 Å². The highest BCUT2D eigenvalue weighted by Crippen LogP contribution is 2.42. The van der Waals surface area contributed by atoms with Crippen molar-refractivity contribution in [2.75, 3.05) is 26.2 Å². The summed E-state index contributed by atoms with van der Waals surface area (Å²) in [7, 11) is 0. The first kappa shape index (κ1) is 29.1. The van der Waals surface area contributed by atoms with E-state index in [9.17, 15) is 9.59 Å². The van der Waals surface area contributed by atoms with E-state index in [1.165, 1.54) is 36.8 Å². The lowest BCUT2D eigenvalue weighted by molar-refractivity contribution is -0.139. The van der Waals surface area contributed by atoms with Crippen LogP contribution in [0.4, 0.5) is 0 Å². The summed E-state index contributed by atoms with van der Waals surface area (Å²) in [6, 6.07) is 18.7. The number of hydrogen-bond acceptors (Lipinski definition) is 3. The number of piperidine rings is 1. The highest BCUT2D eigenvalue weighted by molar-refractivity contribution is 9.10. The Morgan fingerprint density at radius 3 is 2.32 bits per heavy atom. The smallest absolute Gasteiger partial charge is 0.229 e. The van der Waals surface area contributed by atoms with Crippen LogP contribution in [0.2, 0.25) is 0 Å². The second-order valence-electron chi connectivity index (χ2n) is 11.4. The van der Waals surface area contributed by atoms with Crippen molar-refractivity contribution in [3.63, 3.8) is 0 Å². The Morgan fingerprint density at radius 1 is 0.974 bits per heavy atom. The predicted molar refractivity (Wildman–Crippen MR) is 158 cm³/mol. The Hall–Kier alpha value is -1.89. The molecule has 1 spiro atoms. The van der Waals surface area contributed by atoms with E-state index in [-0.39, 0.29) is 29.8 Å². The average Bonchev–Trinajstić information content (AvgIpc) is 3.53. The lowest BCUT2D eigenvalue weighted by Gasteiger charge is -2.38. The van der Waals surface area contributed by atoms with Crippen molar-refractivity contribution >= 4 is 40.2 Å². The minimum atomic E-state index is -0.180. The van der Waals surface area contributed by atoms with Gasteiger partial charge in [-0.15, -0.1) is 12.4 Å². The molecular formula is C31H41BrClN3O2. The van der Waals surface area contributed by atoms with Crippen molar-refractivity contribution in [3.8, 4) is 0 Å². The fraction of sp³-hybridized carbons (Fsp3) is 0.548. The Kier molecular flexibility index (Phi) is 10.3. The topological polar surface area (TPSA) is 52.7 Å². The molecule has 1 saturated carbocycles. The molecule has 1 aliphatic carbocycles. The number of carbonyl (C=O) groups excluding carboxylic acids is 2. The molecule has 0 radical (unpaired) electrons. The third kappa shape index (κ3) is 7.19. The number of likely N-dealkylation sites (tertiary alicyclic amines) is 2. The Labute approximate surface area is 242 Å². The molecule has 2 aliphatic heterocycles. The minimum absolute atomic E-state index is 0. The number of nitrogens with one attached hydrogen (secondary N) is 1. The van der Waals surface area contributed by atoms with Crippen molar-refractivity contribution in [1.82, 2.24) is 15.1 Å². The van der Waals surface area contributed by atoms with E-state index >= 15 is 0 Å². The zero-order valence-electron chi connectivity index (χ0n) is 22.2. The summed E-state index contributed by atoms with van der Waals surface area (Å²) in [5, 5.41) is 3.36. The van der Waals surface area contributed by atoms with E-state index in [2.05, 4.69) is 67.4 Å². The molecule has 1 atom stereocenters. The molecule has 7 heteroatoms. The maximum absolute atomic E-state index is 13.4. The van der Waals surface area contributed by atoms with Crippen LogP contribution in [0.3, 0.4) is 0 Å². The Balaban J connectivity index is 0.00000336. The number of hydrogen-bond donors (Lipinski definition) is 1.